The number of nitrogens with one attached hydrogen (secondary N) is 1. The number of benzene rings is 1. The molecule has 0 spiro atoms. The van der Waals surface area contributed by atoms with Crippen LogP contribution >= 0.6 is 0 Å². The van der Waals surface area contributed by atoms with Gasteiger partial charge in [-0.3, -0.25) is 9.78 Å². The van der Waals surface area contributed by atoms with Gasteiger partial charge in [-0.1, -0.05) is 24.3 Å². The molecule has 3 N–H and O–H groups in total. The minimum Gasteiger partial charge on any atom is -0.351 e. The first-order valence-electron chi connectivity index (χ1n) is 5.65. The number of carbonyl (C=O) groups is 1. The van der Waals surface area contributed by atoms with Gasteiger partial charge in [0.1, 0.15) is 5.69 Å². The summed E-state index contributed by atoms with van der Waals surface area (Å²) in [6.45, 7) is 1.16. The van der Waals surface area contributed by atoms with E-state index in [1.165, 1.54) is 0 Å². The van der Waals surface area contributed by atoms with Crippen LogP contribution in [0.15, 0.2) is 36.5 Å². The van der Waals surface area contributed by atoms with E-state index >= 15 is 0 Å². The quantitative estimate of drug-likeness (QED) is 0.777. The Labute approximate surface area is 99.8 Å². The van der Waals surface area contributed by atoms with Gasteiger partial charge in [0.15, 0.2) is 0 Å². The number of hydrogen-bond donors (Lipinski definition) is 2. The van der Waals surface area contributed by atoms with Gasteiger partial charge in [-0.2, -0.15) is 0 Å². The SMILES string of the molecule is NCCCNC(=O)c1nccc2ccccc12. The first-order valence-corrected chi connectivity index (χ1v) is 5.65. The molecule has 88 valence electrons. The van der Waals surface area contributed by atoms with Crippen molar-refractivity contribution in [2.24, 2.45) is 5.73 Å². The Bertz CT molecular complexity index is 520. The lowest BCUT2D eigenvalue weighted by Crippen LogP contribution is -2.26. The number of nitrogens with two attached hydrogens (primary N) is 1. The molecular weight excluding hydrogens is 214 g/mol. The zero-order valence-electron chi connectivity index (χ0n) is 9.52. The van der Waals surface area contributed by atoms with Crippen molar-refractivity contribution in [3.05, 3.63) is 42.2 Å². The van der Waals surface area contributed by atoms with Crippen LogP contribution in [0.2, 0.25) is 0 Å². The van der Waals surface area contributed by atoms with Crippen LogP contribution in [0.5, 0.6) is 0 Å². The van der Waals surface area contributed by atoms with Crippen LogP contribution < -0.4 is 11.1 Å². The number of rotatable bonds is 4. The fourth-order valence-electron chi connectivity index (χ4n) is 1.69. The minimum atomic E-state index is -0.143. The molecule has 1 heterocycles. The summed E-state index contributed by atoms with van der Waals surface area (Å²) in [5.74, 6) is -0.143. The van der Waals surface area contributed by atoms with Crippen LogP contribution in [-0.2, 0) is 0 Å². The molecule has 0 saturated heterocycles. The Kier molecular flexibility index (Phi) is 3.67. The van der Waals surface area contributed by atoms with Crippen molar-refractivity contribution in [3.8, 4) is 0 Å². The molecule has 0 radical (unpaired) electrons. The lowest BCUT2D eigenvalue weighted by Gasteiger charge is -2.06. The maximum Gasteiger partial charge on any atom is 0.270 e. The molecule has 0 fully saturated rings. The molecule has 1 aromatic heterocycles. The third-order valence-electron chi connectivity index (χ3n) is 2.56. The lowest BCUT2D eigenvalue weighted by molar-refractivity contribution is 0.0950. The van der Waals surface area contributed by atoms with Gasteiger partial charge in [-0.25, -0.2) is 0 Å². The standard InChI is InChI=1S/C13H15N3O/c14-7-3-8-16-13(17)12-11-5-2-1-4-10(11)6-9-15-12/h1-2,4-6,9H,3,7-8,14H2,(H,16,17). The predicted octanol–water partition coefficient (Wildman–Crippen LogP) is 1.31. The average Bonchev–Trinajstić information content (AvgIpc) is 2.38. The largest absolute Gasteiger partial charge is 0.351 e. The molecule has 1 aromatic carbocycles. The molecule has 4 nitrogen and oxygen atoms in total. The number of amides is 1. The monoisotopic (exact) mass is 229 g/mol. The molecule has 0 saturated carbocycles. The van der Waals surface area contributed by atoms with Crippen molar-refractivity contribution in [1.29, 1.82) is 0 Å². The summed E-state index contributed by atoms with van der Waals surface area (Å²) in [4.78, 5) is 16.1. The molecule has 4 heteroatoms. The van der Waals surface area contributed by atoms with Crippen LogP contribution in [0.4, 0.5) is 0 Å². The van der Waals surface area contributed by atoms with E-state index < -0.39 is 0 Å². The topological polar surface area (TPSA) is 68.0 Å². The number of carbonyl (C=O) groups excluding carboxylic acids is 1. The lowest BCUT2D eigenvalue weighted by atomic mass is 10.1. The molecule has 0 unspecified atom stereocenters. The predicted molar refractivity (Wildman–Crippen MR) is 67.7 cm³/mol. The van der Waals surface area contributed by atoms with Crippen LogP contribution in [0.1, 0.15) is 16.9 Å². The highest BCUT2D eigenvalue weighted by molar-refractivity contribution is 6.05. The number of hydrogen-bond acceptors (Lipinski definition) is 3. The normalized spacial score (nSPS) is 10.4. The van der Waals surface area contributed by atoms with Crippen molar-refractivity contribution in [1.82, 2.24) is 10.3 Å². The van der Waals surface area contributed by atoms with Gasteiger partial charge in [0, 0.05) is 18.1 Å². The first-order chi connectivity index (χ1) is 8.33. The van der Waals surface area contributed by atoms with E-state index in [2.05, 4.69) is 10.3 Å². The van der Waals surface area contributed by atoms with E-state index in [1.54, 1.807) is 6.20 Å². The van der Waals surface area contributed by atoms with E-state index in [4.69, 9.17) is 5.73 Å². The molecule has 0 atom stereocenters. The summed E-state index contributed by atoms with van der Waals surface area (Å²) < 4.78 is 0. The van der Waals surface area contributed by atoms with E-state index in [-0.39, 0.29) is 5.91 Å². The summed E-state index contributed by atoms with van der Waals surface area (Å²) >= 11 is 0. The summed E-state index contributed by atoms with van der Waals surface area (Å²) in [6, 6.07) is 9.61. The van der Waals surface area contributed by atoms with Crippen LogP contribution in [0.25, 0.3) is 10.8 Å². The van der Waals surface area contributed by atoms with E-state index in [9.17, 15) is 4.79 Å². The summed E-state index contributed by atoms with van der Waals surface area (Å²) in [7, 11) is 0. The Balaban J connectivity index is 2.26. The molecule has 0 aliphatic heterocycles. The van der Waals surface area contributed by atoms with Gasteiger partial charge in [-0.05, 0) is 24.4 Å². The highest BCUT2D eigenvalue weighted by atomic mass is 16.1. The number of pyridine rings is 1. The molecule has 0 aliphatic carbocycles. The number of fused-ring (bicyclic) bond motifs is 1. The maximum atomic E-state index is 11.9. The highest BCUT2D eigenvalue weighted by Crippen LogP contribution is 2.15. The Morgan fingerprint density at radius 3 is 2.94 bits per heavy atom. The van der Waals surface area contributed by atoms with Gasteiger partial charge in [0.2, 0.25) is 0 Å². The fraction of sp³-hybridized carbons (Fsp3) is 0.231. The highest BCUT2D eigenvalue weighted by Gasteiger charge is 2.09. The van der Waals surface area contributed by atoms with Crippen molar-refractivity contribution in [2.75, 3.05) is 13.1 Å². The molecule has 0 bridgehead atoms. The Hall–Kier alpha value is -1.94. The van der Waals surface area contributed by atoms with Crippen molar-refractivity contribution in [3.63, 3.8) is 0 Å². The van der Waals surface area contributed by atoms with Crippen molar-refractivity contribution >= 4 is 16.7 Å². The van der Waals surface area contributed by atoms with Gasteiger partial charge in [0.05, 0.1) is 0 Å². The zero-order valence-corrected chi connectivity index (χ0v) is 9.52. The Morgan fingerprint density at radius 1 is 1.29 bits per heavy atom. The van der Waals surface area contributed by atoms with Crippen LogP contribution in [0, 0.1) is 0 Å². The van der Waals surface area contributed by atoms with Gasteiger partial charge in [-0.15, -0.1) is 0 Å². The van der Waals surface area contributed by atoms with Crippen molar-refractivity contribution in [2.45, 2.75) is 6.42 Å². The number of nitrogens with zero attached hydrogens (tertiary/aromatic N) is 1. The maximum absolute atomic E-state index is 11.9. The second kappa shape index (κ2) is 5.41. The van der Waals surface area contributed by atoms with Gasteiger partial charge < -0.3 is 11.1 Å². The third-order valence-corrected chi connectivity index (χ3v) is 2.56. The van der Waals surface area contributed by atoms with E-state index in [0.717, 1.165) is 17.2 Å². The third kappa shape index (κ3) is 2.60. The summed E-state index contributed by atoms with van der Waals surface area (Å²) in [6.07, 6.45) is 2.43. The Morgan fingerprint density at radius 2 is 2.12 bits per heavy atom. The molecule has 17 heavy (non-hydrogen) atoms. The molecule has 2 rings (SSSR count). The average molecular weight is 229 g/mol. The number of aromatic nitrogens is 1. The molecule has 2 aromatic rings. The molecule has 0 aliphatic rings. The van der Waals surface area contributed by atoms with Crippen LogP contribution in [0.3, 0.4) is 0 Å². The second-order valence-corrected chi connectivity index (χ2v) is 3.78. The van der Waals surface area contributed by atoms with Crippen LogP contribution in [-0.4, -0.2) is 24.0 Å². The zero-order chi connectivity index (χ0) is 12.1. The first kappa shape index (κ1) is 11.5. The van der Waals surface area contributed by atoms with E-state index in [0.29, 0.717) is 18.8 Å². The molecule has 1 amide bonds. The summed E-state index contributed by atoms with van der Waals surface area (Å²) in [5, 5.41) is 4.71. The minimum absolute atomic E-state index is 0.143. The second-order valence-electron chi connectivity index (χ2n) is 3.78. The van der Waals surface area contributed by atoms with Gasteiger partial charge in [0.25, 0.3) is 5.91 Å². The summed E-state index contributed by atoms with van der Waals surface area (Å²) in [5.41, 5.74) is 5.85. The van der Waals surface area contributed by atoms with Gasteiger partial charge >= 0.3 is 0 Å². The van der Waals surface area contributed by atoms with E-state index in [1.807, 2.05) is 30.3 Å². The smallest absolute Gasteiger partial charge is 0.270 e. The molecular formula is C13H15N3O. The fourth-order valence-corrected chi connectivity index (χ4v) is 1.69. The van der Waals surface area contributed by atoms with Crippen molar-refractivity contribution < 1.29 is 4.79 Å².